The Balaban J connectivity index is 0.00000180. The third kappa shape index (κ3) is 5.94. The van der Waals surface area contributed by atoms with Gasteiger partial charge in [0.1, 0.15) is 0 Å². The summed E-state index contributed by atoms with van der Waals surface area (Å²) in [6.07, 6.45) is 6.76. The normalized spacial score (nSPS) is 11.3. The van der Waals surface area contributed by atoms with Crippen molar-refractivity contribution in [3.8, 4) is 0 Å². The SMILES string of the molecule is CC(=[C-]c1ccccc1)C(C)=[C-]c1ccccc1.[Cu+].[Cu+]. The Morgan fingerprint density at radius 2 is 0.900 bits per heavy atom. The standard InChI is InChI=1S/C18H16.2Cu/c1-15(13-17-9-5-3-6-10-17)16(2)14-18-11-7-4-8-12-18;;/h3-12H,1-2H3;;/q-2;2*+1. The smallest absolute Gasteiger partial charge is 0.204 e. The van der Waals surface area contributed by atoms with Gasteiger partial charge >= 0.3 is 34.1 Å². The topological polar surface area (TPSA) is 0 Å². The molecule has 0 heterocycles. The minimum absolute atomic E-state index is 0. The molecule has 0 spiro atoms. The fourth-order valence-electron chi connectivity index (χ4n) is 1.66. The maximum Gasteiger partial charge on any atom is 1.00 e. The van der Waals surface area contributed by atoms with E-state index in [-0.39, 0.29) is 34.1 Å². The van der Waals surface area contributed by atoms with Crippen molar-refractivity contribution in [2.45, 2.75) is 13.8 Å². The van der Waals surface area contributed by atoms with Gasteiger partial charge in [0, 0.05) is 0 Å². The molecule has 0 unspecified atom stereocenters. The van der Waals surface area contributed by atoms with Crippen LogP contribution in [-0.4, -0.2) is 0 Å². The molecule has 0 aliphatic heterocycles. The Labute approximate surface area is 142 Å². The number of hydrogen-bond acceptors (Lipinski definition) is 0. The van der Waals surface area contributed by atoms with Gasteiger partial charge in [0.05, 0.1) is 0 Å². The largest absolute Gasteiger partial charge is 1.00 e. The van der Waals surface area contributed by atoms with Crippen molar-refractivity contribution in [3.63, 3.8) is 0 Å². The molecular formula is C18H16Cu2. The van der Waals surface area contributed by atoms with Crippen LogP contribution in [0.1, 0.15) is 25.0 Å². The zero-order valence-corrected chi connectivity index (χ0v) is 13.3. The minimum atomic E-state index is 0. The number of allylic oxidation sites excluding steroid dienone is 2. The van der Waals surface area contributed by atoms with Crippen LogP contribution in [0.15, 0.2) is 71.8 Å². The fourth-order valence-corrected chi connectivity index (χ4v) is 1.66. The number of rotatable bonds is 3. The quantitative estimate of drug-likeness (QED) is 0.428. The molecule has 0 bridgehead atoms. The zero-order valence-electron chi connectivity index (χ0n) is 11.4. The van der Waals surface area contributed by atoms with Gasteiger partial charge in [0.25, 0.3) is 0 Å². The molecule has 110 valence electrons. The van der Waals surface area contributed by atoms with Gasteiger partial charge in [-0.2, -0.15) is 23.3 Å². The van der Waals surface area contributed by atoms with Crippen molar-refractivity contribution in [2.24, 2.45) is 0 Å². The van der Waals surface area contributed by atoms with Gasteiger partial charge in [0.2, 0.25) is 0 Å². The maximum atomic E-state index is 3.38. The molecule has 0 saturated carbocycles. The molecule has 0 aliphatic carbocycles. The van der Waals surface area contributed by atoms with E-state index in [1.54, 1.807) is 0 Å². The zero-order chi connectivity index (χ0) is 12.8. The van der Waals surface area contributed by atoms with Crippen LogP contribution in [0.3, 0.4) is 0 Å². The van der Waals surface area contributed by atoms with Crippen molar-refractivity contribution in [1.29, 1.82) is 0 Å². The first-order valence-corrected chi connectivity index (χ1v) is 6.07. The van der Waals surface area contributed by atoms with Crippen LogP contribution in [0.25, 0.3) is 0 Å². The first-order valence-electron chi connectivity index (χ1n) is 6.07. The van der Waals surface area contributed by atoms with Crippen molar-refractivity contribution >= 4 is 0 Å². The Bertz CT molecular complexity index is 501. The first-order chi connectivity index (χ1) is 8.75. The predicted octanol–water partition coefficient (Wildman–Crippen LogP) is 4.58. The van der Waals surface area contributed by atoms with Gasteiger partial charge in [-0.25, -0.2) is 11.1 Å². The van der Waals surface area contributed by atoms with E-state index in [1.807, 2.05) is 36.4 Å². The molecule has 0 fully saturated rings. The summed E-state index contributed by atoms with van der Waals surface area (Å²) in [5.41, 5.74) is 4.43. The average molecular weight is 359 g/mol. The third-order valence-electron chi connectivity index (χ3n) is 2.77. The molecule has 20 heavy (non-hydrogen) atoms. The van der Waals surface area contributed by atoms with E-state index >= 15 is 0 Å². The summed E-state index contributed by atoms with van der Waals surface area (Å²) in [4.78, 5) is 0. The van der Waals surface area contributed by atoms with Crippen LogP contribution < -0.4 is 0 Å². The van der Waals surface area contributed by atoms with E-state index in [0.717, 1.165) is 22.3 Å². The maximum absolute atomic E-state index is 3.38. The van der Waals surface area contributed by atoms with E-state index in [9.17, 15) is 0 Å². The number of hydrogen-bond donors (Lipinski definition) is 0. The molecule has 0 nitrogen and oxygen atoms in total. The van der Waals surface area contributed by atoms with Gasteiger partial charge in [-0.15, -0.1) is 48.5 Å². The number of benzene rings is 2. The van der Waals surface area contributed by atoms with E-state index < -0.39 is 0 Å². The predicted molar refractivity (Wildman–Crippen MR) is 75.9 cm³/mol. The first kappa shape index (κ1) is 19.0. The van der Waals surface area contributed by atoms with E-state index in [0.29, 0.717) is 0 Å². The summed E-state index contributed by atoms with van der Waals surface area (Å²) in [6.45, 7) is 4.14. The summed E-state index contributed by atoms with van der Waals surface area (Å²) >= 11 is 0. The van der Waals surface area contributed by atoms with E-state index in [4.69, 9.17) is 0 Å². The Morgan fingerprint density at radius 1 is 0.600 bits per heavy atom. The Kier molecular flexibility index (Phi) is 9.29. The average Bonchev–Trinajstić information content (AvgIpc) is 2.41. The Hall–Kier alpha value is -1.04. The van der Waals surface area contributed by atoms with Crippen molar-refractivity contribution in [1.82, 2.24) is 0 Å². The summed E-state index contributed by atoms with van der Waals surface area (Å²) in [5, 5.41) is 0. The van der Waals surface area contributed by atoms with Crippen molar-refractivity contribution < 1.29 is 34.1 Å². The molecule has 2 heteroatoms. The van der Waals surface area contributed by atoms with E-state index in [2.05, 4.69) is 50.3 Å². The van der Waals surface area contributed by atoms with Crippen molar-refractivity contribution in [3.05, 3.63) is 95.1 Å². The van der Waals surface area contributed by atoms with Crippen LogP contribution in [0.2, 0.25) is 0 Å². The molecule has 0 aliphatic rings. The van der Waals surface area contributed by atoms with Crippen LogP contribution >= 0.6 is 0 Å². The van der Waals surface area contributed by atoms with Gasteiger partial charge in [-0.05, 0) is 0 Å². The molecule has 0 saturated heterocycles. The molecule has 0 aromatic heterocycles. The molecular weight excluding hydrogens is 343 g/mol. The van der Waals surface area contributed by atoms with Gasteiger partial charge in [-0.3, -0.25) is 0 Å². The molecule has 0 amide bonds. The molecule has 2 rings (SSSR count). The second-order valence-corrected chi connectivity index (χ2v) is 4.23. The molecule has 2 aromatic rings. The van der Waals surface area contributed by atoms with E-state index in [1.165, 1.54) is 0 Å². The summed E-state index contributed by atoms with van der Waals surface area (Å²) in [6, 6.07) is 20.3. The van der Waals surface area contributed by atoms with Gasteiger partial charge in [-0.1, -0.05) is 26.0 Å². The summed E-state index contributed by atoms with van der Waals surface area (Å²) in [7, 11) is 0. The molecule has 2 aromatic carbocycles. The van der Waals surface area contributed by atoms with Crippen LogP contribution in [0.5, 0.6) is 0 Å². The van der Waals surface area contributed by atoms with Crippen LogP contribution in [0, 0.1) is 12.2 Å². The summed E-state index contributed by atoms with van der Waals surface area (Å²) < 4.78 is 0. The van der Waals surface area contributed by atoms with Gasteiger partial charge < -0.3 is 0 Å². The minimum Gasteiger partial charge on any atom is -0.204 e. The van der Waals surface area contributed by atoms with Crippen LogP contribution in [0.4, 0.5) is 0 Å². The fraction of sp³-hybridized carbons (Fsp3) is 0.111. The van der Waals surface area contributed by atoms with Crippen LogP contribution in [-0.2, 0) is 34.1 Å². The summed E-state index contributed by atoms with van der Waals surface area (Å²) in [5.74, 6) is 0. The van der Waals surface area contributed by atoms with Gasteiger partial charge in [0.15, 0.2) is 0 Å². The second kappa shape index (κ2) is 9.80. The monoisotopic (exact) mass is 358 g/mol. The molecule has 0 atom stereocenters. The third-order valence-corrected chi connectivity index (χ3v) is 2.77. The molecule has 0 N–H and O–H groups in total. The second-order valence-electron chi connectivity index (χ2n) is 4.23. The van der Waals surface area contributed by atoms with Crippen molar-refractivity contribution in [2.75, 3.05) is 0 Å². The molecule has 0 radical (unpaired) electrons. The Morgan fingerprint density at radius 3 is 1.20 bits per heavy atom.